The molecule has 0 aromatic carbocycles. The van der Waals surface area contributed by atoms with Crippen molar-refractivity contribution < 1.29 is 14.3 Å². The number of halogens is 2. The summed E-state index contributed by atoms with van der Waals surface area (Å²) in [5.41, 5.74) is 0. The number of ether oxygens (including phenoxy) is 2. The van der Waals surface area contributed by atoms with Gasteiger partial charge in [0.1, 0.15) is 6.61 Å². The number of hydrogen-bond acceptors (Lipinski definition) is 5. The Bertz CT molecular complexity index is 356. The minimum atomic E-state index is -0.591. The summed E-state index contributed by atoms with van der Waals surface area (Å²) in [7, 11) is 1.43. The second-order valence-corrected chi connectivity index (χ2v) is 4.29. The van der Waals surface area contributed by atoms with Crippen LogP contribution in [0.2, 0.25) is 10.2 Å². The number of rotatable bonds is 4. The van der Waals surface area contributed by atoms with Crippen LogP contribution in [0, 0.1) is 0 Å². The van der Waals surface area contributed by atoms with E-state index in [1.54, 1.807) is 6.92 Å². The molecule has 0 spiro atoms. The molecule has 0 aliphatic carbocycles. The number of hydrogen-bond donors (Lipinski definition) is 0. The highest BCUT2D eigenvalue weighted by atomic mass is 35.5. The van der Waals surface area contributed by atoms with Crippen LogP contribution in [0.25, 0.3) is 0 Å². The average Bonchev–Trinajstić information content (AvgIpc) is 2.55. The van der Waals surface area contributed by atoms with Gasteiger partial charge in [-0.2, -0.15) is 4.37 Å². The molecule has 1 unspecified atom stereocenters. The van der Waals surface area contributed by atoms with Crippen LogP contribution >= 0.6 is 34.7 Å². The SMILES string of the molecule is COC(C)C(=O)OCc1snc(Cl)c1Cl. The Labute approximate surface area is 101 Å². The lowest BCUT2D eigenvalue weighted by molar-refractivity contribution is -0.155. The van der Waals surface area contributed by atoms with E-state index in [4.69, 9.17) is 32.7 Å². The first-order valence-electron chi connectivity index (χ1n) is 4.05. The second-order valence-electron chi connectivity index (χ2n) is 2.70. The highest BCUT2D eigenvalue weighted by Gasteiger charge is 2.16. The van der Waals surface area contributed by atoms with Crippen LogP contribution in [0.15, 0.2) is 0 Å². The summed E-state index contributed by atoms with van der Waals surface area (Å²) in [6, 6.07) is 0. The monoisotopic (exact) mass is 269 g/mol. The van der Waals surface area contributed by atoms with Gasteiger partial charge in [0.15, 0.2) is 11.3 Å². The number of nitrogens with zero attached hydrogens (tertiary/aromatic N) is 1. The van der Waals surface area contributed by atoms with Crippen molar-refractivity contribution in [1.29, 1.82) is 0 Å². The van der Waals surface area contributed by atoms with Gasteiger partial charge in [-0.05, 0) is 18.5 Å². The predicted molar refractivity (Wildman–Crippen MR) is 58.4 cm³/mol. The lowest BCUT2D eigenvalue weighted by atomic mass is 10.4. The molecule has 1 atom stereocenters. The van der Waals surface area contributed by atoms with E-state index in [2.05, 4.69) is 4.37 Å². The van der Waals surface area contributed by atoms with Gasteiger partial charge in [0.25, 0.3) is 0 Å². The summed E-state index contributed by atoms with van der Waals surface area (Å²) < 4.78 is 13.5. The van der Waals surface area contributed by atoms with E-state index in [0.717, 1.165) is 11.5 Å². The van der Waals surface area contributed by atoms with Gasteiger partial charge >= 0.3 is 5.97 Å². The lowest BCUT2D eigenvalue weighted by Crippen LogP contribution is -2.21. The highest BCUT2D eigenvalue weighted by Crippen LogP contribution is 2.28. The van der Waals surface area contributed by atoms with Crippen molar-refractivity contribution in [2.75, 3.05) is 7.11 Å². The largest absolute Gasteiger partial charge is 0.458 e. The molecule has 0 saturated carbocycles. The summed E-state index contributed by atoms with van der Waals surface area (Å²) in [6.07, 6.45) is -0.591. The van der Waals surface area contributed by atoms with Crippen molar-refractivity contribution in [3.8, 4) is 0 Å². The molecule has 1 aromatic rings. The minimum Gasteiger partial charge on any atom is -0.458 e. The van der Waals surface area contributed by atoms with E-state index in [-0.39, 0.29) is 11.8 Å². The molecule has 0 bridgehead atoms. The predicted octanol–water partition coefficient (Wildman–Crippen LogP) is 2.53. The number of methoxy groups -OCH3 is 1. The Balaban J connectivity index is 2.51. The first-order chi connectivity index (χ1) is 7.06. The quantitative estimate of drug-likeness (QED) is 0.789. The fourth-order valence-corrected chi connectivity index (χ4v) is 1.82. The Morgan fingerprint density at radius 1 is 1.60 bits per heavy atom. The van der Waals surface area contributed by atoms with E-state index in [1.165, 1.54) is 7.11 Å². The van der Waals surface area contributed by atoms with Crippen LogP contribution in [-0.2, 0) is 20.9 Å². The third-order valence-electron chi connectivity index (χ3n) is 1.69. The molecule has 0 aliphatic rings. The van der Waals surface area contributed by atoms with Crippen LogP contribution in [0.4, 0.5) is 0 Å². The normalized spacial score (nSPS) is 12.5. The maximum Gasteiger partial charge on any atom is 0.335 e. The standard InChI is InChI=1S/C8H9Cl2NO3S/c1-4(13-2)8(12)14-3-5-6(9)7(10)11-15-5/h4H,3H2,1-2H3. The molecule has 7 heteroatoms. The van der Waals surface area contributed by atoms with E-state index in [1.807, 2.05) is 0 Å². The molecule has 15 heavy (non-hydrogen) atoms. The van der Waals surface area contributed by atoms with Crippen molar-refractivity contribution in [3.63, 3.8) is 0 Å². The number of carbonyl (C=O) groups is 1. The Morgan fingerprint density at radius 3 is 2.73 bits per heavy atom. The van der Waals surface area contributed by atoms with Crippen molar-refractivity contribution in [3.05, 3.63) is 15.1 Å². The van der Waals surface area contributed by atoms with Crippen molar-refractivity contribution in [1.82, 2.24) is 4.37 Å². The van der Waals surface area contributed by atoms with E-state index >= 15 is 0 Å². The molecular formula is C8H9Cl2NO3S. The Hall–Kier alpha value is -0.360. The van der Waals surface area contributed by atoms with Gasteiger partial charge in [-0.25, -0.2) is 4.79 Å². The summed E-state index contributed by atoms with van der Waals surface area (Å²) in [5.74, 6) is -0.446. The molecule has 0 amide bonds. The zero-order valence-corrected chi connectivity index (χ0v) is 10.4. The fraction of sp³-hybridized carbons (Fsp3) is 0.500. The van der Waals surface area contributed by atoms with Gasteiger partial charge in [-0.15, -0.1) is 0 Å². The van der Waals surface area contributed by atoms with E-state index < -0.39 is 12.1 Å². The van der Waals surface area contributed by atoms with Gasteiger partial charge in [0, 0.05) is 7.11 Å². The number of esters is 1. The molecule has 4 nitrogen and oxygen atoms in total. The molecule has 0 aliphatic heterocycles. The van der Waals surface area contributed by atoms with Crippen LogP contribution in [0.1, 0.15) is 11.8 Å². The molecular weight excluding hydrogens is 261 g/mol. The molecule has 1 rings (SSSR count). The van der Waals surface area contributed by atoms with Gasteiger partial charge in [0.05, 0.1) is 9.90 Å². The molecule has 0 radical (unpaired) electrons. The van der Waals surface area contributed by atoms with E-state index in [0.29, 0.717) is 9.90 Å². The highest BCUT2D eigenvalue weighted by molar-refractivity contribution is 7.06. The average molecular weight is 270 g/mol. The first kappa shape index (κ1) is 12.7. The number of carbonyl (C=O) groups excluding carboxylic acids is 1. The molecule has 1 heterocycles. The topological polar surface area (TPSA) is 48.4 Å². The Morgan fingerprint density at radius 2 is 2.27 bits per heavy atom. The van der Waals surface area contributed by atoms with Gasteiger partial charge in [-0.1, -0.05) is 23.2 Å². The van der Waals surface area contributed by atoms with Crippen LogP contribution in [-0.4, -0.2) is 23.6 Å². The maximum atomic E-state index is 11.2. The summed E-state index contributed by atoms with van der Waals surface area (Å²) >= 11 is 12.5. The zero-order valence-electron chi connectivity index (χ0n) is 8.12. The first-order valence-corrected chi connectivity index (χ1v) is 5.58. The zero-order chi connectivity index (χ0) is 11.4. The van der Waals surface area contributed by atoms with Gasteiger partial charge in [0.2, 0.25) is 0 Å². The van der Waals surface area contributed by atoms with Crippen molar-refractivity contribution in [2.45, 2.75) is 19.6 Å². The number of aromatic nitrogens is 1. The van der Waals surface area contributed by atoms with Gasteiger partial charge < -0.3 is 9.47 Å². The van der Waals surface area contributed by atoms with E-state index in [9.17, 15) is 4.79 Å². The van der Waals surface area contributed by atoms with Crippen LogP contribution in [0.3, 0.4) is 0 Å². The van der Waals surface area contributed by atoms with Crippen molar-refractivity contribution >= 4 is 40.7 Å². The second kappa shape index (κ2) is 5.65. The summed E-state index contributed by atoms with van der Waals surface area (Å²) in [4.78, 5) is 11.8. The lowest BCUT2D eigenvalue weighted by Gasteiger charge is -2.08. The molecule has 1 aromatic heterocycles. The fourth-order valence-electron chi connectivity index (χ4n) is 0.730. The van der Waals surface area contributed by atoms with Crippen LogP contribution < -0.4 is 0 Å². The third-order valence-corrected chi connectivity index (χ3v) is 3.50. The summed E-state index contributed by atoms with van der Waals surface area (Å²) in [6.45, 7) is 1.67. The Kier molecular flexibility index (Phi) is 4.79. The molecule has 0 fully saturated rings. The van der Waals surface area contributed by atoms with Crippen LogP contribution in [0.5, 0.6) is 0 Å². The molecule has 0 saturated heterocycles. The smallest absolute Gasteiger partial charge is 0.335 e. The van der Waals surface area contributed by atoms with Crippen molar-refractivity contribution in [2.24, 2.45) is 0 Å². The maximum absolute atomic E-state index is 11.2. The summed E-state index contributed by atoms with van der Waals surface area (Å²) in [5, 5.41) is 0.562. The van der Waals surface area contributed by atoms with Gasteiger partial charge in [-0.3, -0.25) is 0 Å². The minimum absolute atomic E-state index is 0.0652. The molecule has 0 N–H and O–H groups in total. The third kappa shape index (κ3) is 3.31. The molecule has 84 valence electrons.